The minimum absolute atomic E-state index is 0.00340. The fourth-order valence-corrected chi connectivity index (χ4v) is 3.27. The molecular formula is C20H23ClFN3O. The third-order valence-corrected chi connectivity index (χ3v) is 5.17. The van der Waals surface area contributed by atoms with Crippen LogP contribution < -0.4 is 10.2 Å². The topological polar surface area (TPSA) is 35.6 Å². The van der Waals surface area contributed by atoms with Crippen molar-refractivity contribution in [3.8, 4) is 0 Å². The number of halogens is 2. The van der Waals surface area contributed by atoms with Crippen LogP contribution in [0, 0.1) is 12.7 Å². The lowest BCUT2D eigenvalue weighted by molar-refractivity contribution is -0.116. The molecule has 0 unspecified atom stereocenters. The quantitative estimate of drug-likeness (QED) is 0.859. The maximum atomic E-state index is 13.0. The molecule has 2 aromatic rings. The molecular weight excluding hydrogens is 353 g/mol. The number of hydrogen-bond donors (Lipinski definition) is 1. The van der Waals surface area contributed by atoms with E-state index in [1.165, 1.54) is 12.1 Å². The van der Waals surface area contributed by atoms with Crippen LogP contribution in [0.15, 0.2) is 42.5 Å². The Kier molecular flexibility index (Phi) is 6.12. The maximum Gasteiger partial charge on any atom is 0.225 e. The smallest absolute Gasteiger partial charge is 0.225 e. The average molecular weight is 376 g/mol. The van der Waals surface area contributed by atoms with Crippen LogP contribution in [0.5, 0.6) is 0 Å². The number of amides is 1. The number of piperazine rings is 1. The average Bonchev–Trinajstić information content (AvgIpc) is 2.65. The molecule has 4 nitrogen and oxygen atoms in total. The lowest BCUT2D eigenvalue weighted by Gasteiger charge is -2.36. The Morgan fingerprint density at radius 3 is 2.50 bits per heavy atom. The van der Waals surface area contributed by atoms with Crippen molar-refractivity contribution in [2.45, 2.75) is 13.3 Å². The molecule has 1 N–H and O–H groups in total. The first kappa shape index (κ1) is 18.7. The highest BCUT2D eigenvalue weighted by Gasteiger charge is 2.18. The van der Waals surface area contributed by atoms with Gasteiger partial charge in [0.25, 0.3) is 0 Å². The molecule has 1 heterocycles. The number of rotatable bonds is 5. The number of carbonyl (C=O) groups excluding carboxylic acids is 1. The summed E-state index contributed by atoms with van der Waals surface area (Å²) in [5.41, 5.74) is 2.69. The molecule has 1 saturated heterocycles. The molecule has 1 aliphatic rings. The van der Waals surface area contributed by atoms with Gasteiger partial charge >= 0.3 is 0 Å². The Bertz CT molecular complexity index is 758. The number of benzene rings is 2. The maximum absolute atomic E-state index is 13.0. The molecule has 0 radical (unpaired) electrons. The van der Waals surface area contributed by atoms with Gasteiger partial charge in [0.1, 0.15) is 5.82 Å². The Morgan fingerprint density at radius 2 is 1.81 bits per heavy atom. The van der Waals surface area contributed by atoms with Gasteiger partial charge in [0.15, 0.2) is 0 Å². The molecule has 0 aromatic heterocycles. The summed E-state index contributed by atoms with van der Waals surface area (Å²) < 4.78 is 13.0. The highest BCUT2D eigenvalue weighted by Crippen LogP contribution is 2.23. The first-order chi connectivity index (χ1) is 12.5. The molecule has 26 heavy (non-hydrogen) atoms. The third-order valence-electron chi connectivity index (χ3n) is 4.76. The minimum Gasteiger partial charge on any atom is -0.369 e. The summed E-state index contributed by atoms with van der Waals surface area (Å²) in [5.74, 6) is -0.218. The third kappa shape index (κ3) is 4.74. The summed E-state index contributed by atoms with van der Waals surface area (Å²) in [6.07, 6.45) is 0.447. The molecule has 3 rings (SSSR count). The van der Waals surface area contributed by atoms with Crippen molar-refractivity contribution in [2.24, 2.45) is 0 Å². The Morgan fingerprint density at radius 1 is 1.12 bits per heavy atom. The zero-order valence-electron chi connectivity index (χ0n) is 14.8. The van der Waals surface area contributed by atoms with Gasteiger partial charge in [-0.1, -0.05) is 17.7 Å². The fraction of sp³-hybridized carbons (Fsp3) is 0.350. The Labute approximate surface area is 158 Å². The predicted octanol–water partition coefficient (Wildman–Crippen LogP) is 3.94. The number of hydrogen-bond acceptors (Lipinski definition) is 3. The Balaban J connectivity index is 1.44. The van der Waals surface area contributed by atoms with E-state index in [9.17, 15) is 9.18 Å². The van der Waals surface area contributed by atoms with Gasteiger partial charge in [0.2, 0.25) is 5.91 Å². The number of carbonyl (C=O) groups is 1. The summed E-state index contributed by atoms with van der Waals surface area (Å²) in [6.45, 7) is 6.15. The van der Waals surface area contributed by atoms with E-state index in [1.807, 2.05) is 37.3 Å². The van der Waals surface area contributed by atoms with Crippen molar-refractivity contribution >= 4 is 28.9 Å². The van der Waals surface area contributed by atoms with Crippen molar-refractivity contribution in [1.82, 2.24) is 4.90 Å². The van der Waals surface area contributed by atoms with Crippen LogP contribution in [0.25, 0.3) is 0 Å². The summed E-state index contributed by atoms with van der Waals surface area (Å²) >= 11 is 6.08. The van der Waals surface area contributed by atoms with E-state index in [0.717, 1.165) is 49.7 Å². The van der Waals surface area contributed by atoms with Crippen LogP contribution in [0.4, 0.5) is 15.8 Å². The zero-order chi connectivity index (χ0) is 18.5. The molecule has 0 saturated carbocycles. The molecule has 2 aromatic carbocycles. The van der Waals surface area contributed by atoms with Crippen molar-refractivity contribution < 1.29 is 9.18 Å². The van der Waals surface area contributed by atoms with Crippen molar-refractivity contribution in [3.05, 3.63) is 58.9 Å². The molecule has 0 aliphatic carbocycles. The van der Waals surface area contributed by atoms with E-state index >= 15 is 0 Å². The van der Waals surface area contributed by atoms with Gasteiger partial charge in [0.05, 0.1) is 0 Å². The lowest BCUT2D eigenvalue weighted by atomic mass is 10.2. The summed E-state index contributed by atoms with van der Waals surface area (Å²) in [7, 11) is 0. The number of nitrogens with zero attached hydrogens (tertiary/aromatic N) is 2. The summed E-state index contributed by atoms with van der Waals surface area (Å²) in [5, 5.41) is 3.59. The van der Waals surface area contributed by atoms with Crippen LogP contribution in [0.1, 0.15) is 12.0 Å². The van der Waals surface area contributed by atoms with Crippen LogP contribution in [-0.4, -0.2) is 43.5 Å². The van der Waals surface area contributed by atoms with E-state index in [1.54, 1.807) is 0 Å². The van der Waals surface area contributed by atoms with Crippen LogP contribution in [0.3, 0.4) is 0 Å². The van der Waals surface area contributed by atoms with Gasteiger partial charge in [-0.2, -0.15) is 0 Å². The lowest BCUT2D eigenvalue weighted by Crippen LogP contribution is -2.47. The van der Waals surface area contributed by atoms with E-state index in [-0.39, 0.29) is 11.7 Å². The molecule has 0 atom stereocenters. The van der Waals surface area contributed by atoms with Crippen LogP contribution in [0.2, 0.25) is 5.02 Å². The molecule has 1 fully saturated rings. The molecule has 1 amide bonds. The van der Waals surface area contributed by atoms with E-state index in [2.05, 4.69) is 15.1 Å². The van der Waals surface area contributed by atoms with Gasteiger partial charge in [0, 0.05) is 55.5 Å². The second-order valence-electron chi connectivity index (χ2n) is 6.52. The van der Waals surface area contributed by atoms with Gasteiger partial charge in [-0.25, -0.2) is 4.39 Å². The first-order valence-electron chi connectivity index (χ1n) is 8.81. The highest BCUT2D eigenvalue weighted by molar-refractivity contribution is 6.31. The van der Waals surface area contributed by atoms with E-state index in [0.29, 0.717) is 11.4 Å². The summed E-state index contributed by atoms with van der Waals surface area (Å²) in [4.78, 5) is 16.7. The molecule has 0 spiro atoms. The molecule has 6 heteroatoms. The van der Waals surface area contributed by atoms with Crippen molar-refractivity contribution in [3.63, 3.8) is 0 Å². The second-order valence-corrected chi connectivity index (χ2v) is 6.92. The number of nitrogens with one attached hydrogen (secondary N) is 1. The summed E-state index contributed by atoms with van der Waals surface area (Å²) in [6, 6.07) is 12.1. The number of anilines is 2. The molecule has 1 aliphatic heterocycles. The molecule has 138 valence electrons. The second kappa shape index (κ2) is 8.52. The fourth-order valence-electron chi connectivity index (χ4n) is 3.10. The van der Waals surface area contributed by atoms with E-state index < -0.39 is 0 Å². The Hall–Kier alpha value is -2.11. The first-order valence-corrected chi connectivity index (χ1v) is 9.18. The SMILES string of the molecule is Cc1c(Cl)cccc1NC(=O)CCN1CCN(c2ccc(F)cc2)CC1. The predicted molar refractivity (Wildman–Crippen MR) is 104 cm³/mol. The van der Waals surface area contributed by atoms with Crippen LogP contribution >= 0.6 is 11.6 Å². The van der Waals surface area contributed by atoms with Gasteiger partial charge in [-0.05, 0) is 48.9 Å². The van der Waals surface area contributed by atoms with Gasteiger partial charge < -0.3 is 10.2 Å². The van der Waals surface area contributed by atoms with Crippen LogP contribution in [-0.2, 0) is 4.79 Å². The van der Waals surface area contributed by atoms with Gasteiger partial charge in [-0.15, -0.1) is 0 Å². The molecule has 0 bridgehead atoms. The van der Waals surface area contributed by atoms with Gasteiger partial charge in [-0.3, -0.25) is 9.69 Å². The largest absolute Gasteiger partial charge is 0.369 e. The monoisotopic (exact) mass is 375 g/mol. The normalized spacial score (nSPS) is 15.1. The standard InChI is InChI=1S/C20H23ClFN3O/c1-15-18(21)3-2-4-19(15)23-20(26)9-10-24-11-13-25(14-12-24)17-7-5-16(22)6-8-17/h2-8H,9-14H2,1H3,(H,23,26). The van der Waals surface area contributed by atoms with Crippen molar-refractivity contribution in [1.29, 1.82) is 0 Å². The minimum atomic E-state index is -0.215. The van der Waals surface area contributed by atoms with E-state index in [4.69, 9.17) is 11.6 Å². The van der Waals surface area contributed by atoms with Crippen molar-refractivity contribution in [2.75, 3.05) is 42.9 Å². The highest BCUT2D eigenvalue weighted by atomic mass is 35.5. The zero-order valence-corrected chi connectivity index (χ0v) is 15.6.